The van der Waals surface area contributed by atoms with Crippen LogP contribution in [-0.2, 0) is 25.6 Å². The largest absolute Gasteiger partial charge is 0.460 e. The number of fused-ring (bicyclic) bond motifs is 5. The van der Waals surface area contributed by atoms with Gasteiger partial charge in [0.15, 0.2) is 0 Å². The molecule has 4 saturated carbocycles. The Hall–Kier alpha value is -1.39. The molecule has 0 heterocycles. The smallest absolute Gasteiger partial charge is 0.306 e. The number of esters is 1. The lowest BCUT2D eigenvalue weighted by atomic mass is 9.44. The zero-order chi connectivity index (χ0) is 29.3. The minimum atomic E-state index is -0.389. The van der Waals surface area contributed by atoms with Gasteiger partial charge in [-0.3, -0.25) is 4.79 Å². The highest BCUT2D eigenvalue weighted by Gasteiger charge is 2.60. The average Bonchev–Trinajstić information content (AvgIpc) is 3.28. The van der Waals surface area contributed by atoms with Crippen LogP contribution in [0.25, 0.3) is 0 Å². The van der Waals surface area contributed by atoms with Crippen LogP contribution in [0.1, 0.15) is 118 Å². The minimum absolute atomic E-state index is 0.0294. The fourth-order valence-corrected chi connectivity index (χ4v) is 10.3. The summed E-state index contributed by atoms with van der Waals surface area (Å²) in [5, 5.41) is 0. The number of carbonyl (C=O) groups excluding carboxylic acids is 1. The van der Waals surface area contributed by atoms with Crippen LogP contribution in [0.4, 0.5) is 0 Å². The van der Waals surface area contributed by atoms with Crippen molar-refractivity contribution in [3.63, 3.8) is 0 Å². The standard InChI is InChI=1S/C37H58O4/c1-26(12-17-34(38)41-35(2,3)4)31-15-16-32-30-14-13-28-24-29(40-23-22-39-25-27-10-8-7-9-11-27)18-20-36(28,5)33(30)19-21-37(31,32)6/h7-11,26,28-33H,12-25H2,1-6H3/t26-,28?,29+,30+,31-,32+,33+,36+,37-/m1/s1. The van der Waals surface area contributed by atoms with E-state index in [1.165, 1.54) is 63.4 Å². The van der Waals surface area contributed by atoms with Crippen molar-refractivity contribution in [1.29, 1.82) is 0 Å². The van der Waals surface area contributed by atoms with Gasteiger partial charge in [0.1, 0.15) is 5.60 Å². The Morgan fingerprint density at radius 1 is 0.927 bits per heavy atom. The van der Waals surface area contributed by atoms with Crippen LogP contribution < -0.4 is 0 Å². The molecule has 4 aliphatic carbocycles. The van der Waals surface area contributed by atoms with Crippen molar-refractivity contribution in [1.82, 2.24) is 0 Å². The third-order valence-electron chi connectivity index (χ3n) is 12.3. The SMILES string of the molecule is C[C@H](CCC(=O)OC(C)(C)C)[C@H]1CC[C@H]2[C@@H]3CCC4C[C@@H](OCCOCc5ccccc5)CC[C@]4(C)[C@H]3CC[C@]12C. The second kappa shape index (κ2) is 12.7. The van der Waals surface area contributed by atoms with Crippen molar-refractivity contribution in [3.8, 4) is 0 Å². The van der Waals surface area contributed by atoms with E-state index in [2.05, 4.69) is 45.0 Å². The van der Waals surface area contributed by atoms with E-state index in [9.17, 15) is 4.79 Å². The Kier molecular flexibility index (Phi) is 9.61. The van der Waals surface area contributed by atoms with E-state index in [0.29, 0.717) is 49.1 Å². The molecule has 0 N–H and O–H groups in total. The lowest BCUT2D eigenvalue weighted by molar-refractivity contribution is -0.155. The molecule has 41 heavy (non-hydrogen) atoms. The van der Waals surface area contributed by atoms with Gasteiger partial charge >= 0.3 is 5.97 Å². The van der Waals surface area contributed by atoms with Gasteiger partial charge in [0.05, 0.1) is 25.9 Å². The Morgan fingerprint density at radius 2 is 1.66 bits per heavy atom. The molecule has 9 atom stereocenters. The fraction of sp³-hybridized carbons (Fsp3) is 0.811. The van der Waals surface area contributed by atoms with Crippen molar-refractivity contribution in [2.45, 2.75) is 130 Å². The molecule has 4 aliphatic rings. The van der Waals surface area contributed by atoms with E-state index in [1.807, 2.05) is 26.8 Å². The Bertz CT molecular complexity index is 1000. The summed E-state index contributed by atoms with van der Waals surface area (Å²) in [6, 6.07) is 10.4. The van der Waals surface area contributed by atoms with Gasteiger partial charge in [-0.15, -0.1) is 0 Å². The van der Waals surface area contributed by atoms with Crippen LogP contribution in [-0.4, -0.2) is 30.9 Å². The fourth-order valence-electron chi connectivity index (χ4n) is 10.3. The van der Waals surface area contributed by atoms with Crippen LogP contribution in [0.3, 0.4) is 0 Å². The Morgan fingerprint density at radius 3 is 2.41 bits per heavy atom. The van der Waals surface area contributed by atoms with Gasteiger partial charge in [0, 0.05) is 6.42 Å². The molecule has 1 aromatic rings. The van der Waals surface area contributed by atoms with E-state index >= 15 is 0 Å². The molecule has 230 valence electrons. The first-order valence-corrected chi connectivity index (χ1v) is 16.9. The predicted octanol–water partition coefficient (Wildman–Crippen LogP) is 9.01. The lowest BCUT2D eigenvalue weighted by Crippen LogP contribution is -2.54. The van der Waals surface area contributed by atoms with Crippen molar-refractivity contribution in [2.75, 3.05) is 13.2 Å². The summed E-state index contributed by atoms with van der Waals surface area (Å²) in [4.78, 5) is 12.4. The molecule has 0 bridgehead atoms. The summed E-state index contributed by atoms with van der Waals surface area (Å²) in [5.74, 6) is 4.75. The third-order valence-corrected chi connectivity index (χ3v) is 12.3. The second-order valence-corrected chi connectivity index (χ2v) is 15.8. The number of rotatable bonds is 10. The number of carbonyl (C=O) groups is 1. The molecule has 4 heteroatoms. The number of hydrogen-bond acceptors (Lipinski definition) is 4. The maximum atomic E-state index is 12.4. The van der Waals surface area contributed by atoms with E-state index in [0.717, 1.165) is 36.0 Å². The molecule has 4 nitrogen and oxygen atoms in total. The first-order valence-electron chi connectivity index (χ1n) is 16.9. The number of ether oxygens (including phenoxy) is 3. The molecular formula is C37H58O4. The summed E-state index contributed by atoms with van der Waals surface area (Å²) >= 11 is 0. The van der Waals surface area contributed by atoms with Gasteiger partial charge in [0.2, 0.25) is 0 Å². The second-order valence-electron chi connectivity index (χ2n) is 15.8. The van der Waals surface area contributed by atoms with Crippen LogP contribution in [0.15, 0.2) is 30.3 Å². The molecule has 4 fully saturated rings. The highest BCUT2D eigenvalue weighted by atomic mass is 16.6. The predicted molar refractivity (Wildman–Crippen MR) is 165 cm³/mol. The summed E-state index contributed by atoms with van der Waals surface area (Å²) in [6.07, 6.45) is 14.0. The van der Waals surface area contributed by atoms with Crippen molar-refractivity contribution in [3.05, 3.63) is 35.9 Å². The van der Waals surface area contributed by atoms with Crippen molar-refractivity contribution >= 4 is 5.97 Å². The molecule has 1 aromatic carbocycles. The Balaban J connectivity index is 1.11. The highest BCUT2D eigenvalue weighted by molar-refractivity contribution is 5.69. The van der Waals surface area contributed by atoms with Crippen LogP contribution in [0.5, 0.6) is 0 Å². The minimum Gasteiger partial charge on any atom is -0.460 e. The maximum absolute atomic E-state index is 12.4. The summed E-state index contributed by atoms with van der Waals surface area (Å²) in [7, 11) is 0. The molecule has 0 aromatic heterocycles. The maximum Gasteiger partial charge on any atom is 0.306 e. The molecule has 1 unspecified atom stereocenters. The van der Waals surface area contributed by atoms with Gasteiger partial charge in [-0.05, 0) is 137 Å². The quantitative estimate of drug-likeness (QED) is 0.209. The van der Waals surface area contributed by atoms with Crippen molar-refractivity contribution < 1.29 is 19.0 Å². The van der Waals surface area contributed by atoms with Crippen molar-refractivity contribution in [2.24, 2.45) is 46.3 Å². The average molecular weight is 567 g/mol. The van der Waals surface area contributed by atoms with Crippen LogP contribution >= 0.6 is 0 Å². The van der Waals surface area contributed by atoms with E-state index in [-0.39, 0.29) is 11.6 Å². The van der Waals surface area contributed by atoms with Crippen LogP contribution in [0, 0.1) is 46.3 Å². The van der Waals surface area contributed by atoms with E-state index < -0.39 is 0 Å². The molecule has 0 spiro atoms. The Labute approximate surface area is 250 Å². The van der Waals surface area contributed by atoms with Gasteiger partial charge in [0.25, 0.3) is 0 Å². The van der Waals surface area contributed by atoms with Gasteiger partial charge in [-0.25, -0.2) is 0 Å². The molecule has 0 saturated heterocycles. The zero-order valence-electron chi connectivity index (χ0n) is 27.0. The summed E-state index contributed by atoms with van der Waals surface area (Å²) < 4.78 is 17.9. The summed E-state index contributed by atoms with van der Waals surface area (Å²) in [5.41, 5.74) is 1.76. The van der Waals surface area contributed by atoms with E-state index in [4.69, 9.17) is 14.2 Å². The zero-order valence-corrected chi connectivity index (χ0v) is 27.0. The lowest BCUT2D eigenvalue weighted by Gasteiger charge is -2.61. The van der Waals surface area contributed by atoms with Gasteiger partial charge < -0.3 is 14.2 Å². The topological polar surface area (TPSA) is 44.8 Å². The van der Waals surface area contributed by atoms with Gasteiger partial charge in [-0.2, -0.15) is 0 Å². The number of benzene rings is 1. The monoisotopic (exact) mass is 566 g/mol. The third kappa shape index (κ3) is 6.90. The molecular weight excluding hydrogens is 508 g/mol. The first-order chi connectivity index (χ1) is 19.5. The molecule has 0 amide bonds. The highest BCUT2D eigenvalue weighted by Crippen LogP contribution is 2.68. The van der Waals surface area contributed by atoms with E-state index in [1.54, 1.807) is 0 Å². The van der Waals surface area contributed by atoms with Gasteiger partial charge in [-0.1, -0.05) is 51.1 Å². The number of hydrogen-bond donors (Lipinski definition) is 0. The normalized spacial score (nSPS) is 37.5. The van der Waals surface area contributed by atoms with Crippen LogP contribution in [0.2, 0.25) is 0 Å². The summed E-state index contributed by atoms with van der Waals surface area (Å²) in [6.45, 7) is 15.7. The molecule has 0 radical (unpaired) electrons. The first kappa shape index (κ1) is 31.0. The molecule has 0 aliphatic heterocycles. The molecule has 5 rings (SSSR count).